The molecule has 0 N–H and O–H groups in total. The van der Waals surface area contributed by atoms with Crippen molar-refractivity contribution in [3.63, 3.8) is 0 Å². The Bertz CT molecular complexity index is 869. The Balaban J connectivity index is 1.60. The number of hydrogen-bond donors (Lipinski definition) is 0. The maximum atomic E-state index is 5.87. The third-order valence-corrected chi connectivity index (χ3v) is 5.87. The molecule has 0 fully saturated rings. The van der Waals surface area contributed by atoms with E-state index in [1.54, 1.807) is 0 Å². The number of benzene rings is 2. The molecule has 1 heteroatoms. The first-order valence-corrected chi connectivity index (χ1v) is 13.2. The van der Waals surface area contributed by atoms with Gasteiger partial charge in [0, 0.05) is 11.1 Å². The predicted molar refractivity (Wildman–Crippen MR) is 143 cm³/mol. The van der Waals surface area contributed by atoms with Crippen LogP contribution < -0.4 is 4.74 Å². The Labute approximate surface area is 203 Å². The van der Waals surface area contributed by atoms with E-state index in [4.69, 9.17) is 4.74 Å². The lowest BCUT2D eigenvalue weighted by molar-refractivity contribution is 0.304. The van der Waals surface area contributed by atoms with Crippen molar-refractivity contribution in [3.8, 4) is 29.4 Å². The van der Waals surface area contributed by atoms with Crippen LogP contribution in [0.3, 0.4) is 0 Å². The van der Waals surface area contributed by atoms with Crippen molar-refractivity contribution in [3.05, 3.63) is 65.2 Å². The van der Waals surface area contributed by atoms with Gasteiger partial charge in [0.15, 0.2) is 0 Å². The minimum absolute atomic E-state index is 0.796. The number of hydrogen-bond acceptors (Lipinski definition) is 1. The number of rotatable bonds is 15. The van der Waals surface area contributed by atoms with E-state index in [1.807, 2.05) is 24.3 Å². The quantitative estimate of drug-likeness (QED) is 0.198. The van der Waals surface area contributed by atoms with Crippen molar-refractivity contribution in [1.29, 1.82) is 0 Å². The molecule has 0 aliphatic rings. The van der Waals surface area contributed by atoms with Crippen LogP contribution in [0, 0.1) is 23.7 Å². The summed E-state index contributed by atoms with van der Waals surface area (Å²) in [5.41, 5.74) is 3.36. The van der Waals surface area contributed by atoms with Gasteiger partial charge in [-0.2, -0.15) is 0 Å². The molecule has 0 heterocycles. The van der Waals surface area contributed by atoms with Gasteiger partial charge in [-0.05, 0) is 73.1 Å². The van der Waals surface area contributed by atoms with E-state index >= 15 is 0 Å². The zero-order valence-electron chi connectivity index (χ0n) is 20.9. The molecule has 0 saturated heterocycles. The van der Waals surface area contributed by atoms with Crippen LogP contribution in [0.1, 0.15) is 108 Å². The minimum atomic E-state index is 0.796. The molecule has 1 nitrogen and oxygen atoms in total. The van der Waals surface area contributed by atoms with Crippen LogP contribution in [-0.4, -0.2) is 6.61 Å². The first kappa shape index (κ1) is 26.6. The molecular weight excluding hydrogens is 400 g/mol. The number of unbranched alkanes of at least 4 members (excludes halogenated alkanes) is 10. The summed E-state index contributed by atoms with van der Waals surface area (Å²) >= 11 is 0. The molecule has 0 aromatic heterocycles. The van der Waals surface area contributed by atoms with Crippen LogP contribution in [0.2, 0.25) is 0 Å². The average molecular weight is 443 g/mol. The fraction of sp³-hybridized carbons (Fsp3) is 0.500. The second-order valence-corrected chi connectivity index (χ2v) is 8.86. The van der Waals surface area contributed by atoms with Gasteiger partial charge < -0.3 is 4.74 Å². The van der Waals surface area contributed by atoms with E-state index in [2.05, 4.69) is 61.8 Å². The molecule has 176 valence electrons. The molecule has 0 aliphatic heterocycles. The Morgan fingerprint density at radius 1 is 0.545 bits per heavy atom. The van der Waals surface area contributed by atoms with Crippen LogP contribution in [0.15, 0.2) is 48.5 Å². The van der Waals surface area contributed by atoms with Crippen molar-refractivity contribution < 1.29 is 4.74 Å². The first-order chi connectivity index (χ1) is 16.3. The SMILES string of the molecule is CCCCCCCCCCCCOc1ccc(C#CC#Cc2ccc(CCCC)cc2)cc1. The zero-order chi connectivity index (χ0) is 23.4. The van der Waals surface area contributed by atoms with Gasteiger partial charge in [0.1, 0.15) is 5.75 Å². The van der Waals surface area contributed by atoms with Crippen molar-refractivity contribution in [1.82, 2.24) is 0 Å². The molecule has 0 aliphatic carbocycles. The largest absolute Gasteiger partial charge is 0.494 e. The van der Waals surface area contributed by atoms with E-state index in [-0.39, 0.29) is 0 Å². The summed E-state index contributed by atoms with van der Waals surface area (Å²) in [6, 6.07) is 16.5. The molecule has 0 radical (unpaired) electrons. The third-order valence-electron chi connectivity index (χ3n) is 5.87. The summed E-state index contributed by atoms with van der Waals surface area (Å²) in [4.78, 5) is 0. The highest BCUT2D eigenvalue weighted by molar-refractivity contribution is 5.45. The molecule has 33 heavy (non-hydrogen) atoms. The molecule has 0 atom stereocenters. The smallest absolute Gasteiger partial charge is 0.119 e. The Kier molecular flexibility index (Phi) is 14.4. The third kappa shape index (κ3) is 12.8. The van der Waals surface area contributed by atoms with Crippen LogP contribution in [0.25, 0.3) is 0 Å². The summed E-state index contributed by atoms with van der Waals surface area (Å²) in [6.07, 6.45) is 17.0. The summed E-state index contributed by atoms with van der Waals surface area (Å²) in [5.74, 6) is 13.1. The van der Waals surface area contributed by atoms with Crippen LogP contribution >= 0.6 is 0 Å². The Morgan fingerprint density at radius 3 is 1.58 bits per heavy atom. The van der Waals surface area contributed by atoms with Crippen LogP contribution in [0.4, 0.5) is 0 Å². The molecule has 2 aromatic rings. The van der Waals surface area contributed by atoms with E-state index in [1.165, 1.54) is 76.2 Å². The molecule has 0 bridgehead atoms. The summed E-state index contributed by atoms with van der Waals surface area (Å²) < 4.78 is 5.87. The van der Waals surface area contributed by atoms with E-state index in [0.29, 0.717) is 0 Å². The lowest BCUT2D eigenvalue weighted by Crippen LogP contribution is -1.97. The van der Waals surface area contributed by atoms with E-state index in [0.717, 1.165) is 36.3 Å². The van der Waals surface area contributed by atoms with Gasteiger partial charge in [-0.3, -0.25) is 0 Å². The topological polar surface area (TPSA) is 9.23 Å². The first-order valence-electron chi connectivity index (χ1n) is 13.2. The van der Waals surface area contributed by atoms with Crippen molar-refractivity contribution in [2.24, 2.45) is 0 Å². The molecule has 2 rings (SSSR count). The predicted octanol–water partition coefficient (Wildman–Crippen LogP) is 8.73. The van der Waals surface area contributed by atoms with Crippen LogP contribution in [0.5, 0.6) is 5.75 Å². The van der Waals surface area contributed by atoms with Crippen LogP contribution in [-0.2, 0) is 6.42 Å². The highest BCUT2D eigenvalue weighted by Crippen LogP contribution is 2.14. The summed E-state index contributed by atoms with van der Waals surface area (Å²) in [5, 5.41) is 0. The Hall–Kier alpha value is -2.64. The van der Waals surface area contributed by atoms with Gasteiger partial charge in [0.25, 0.3) is 0 Å². The molecule has 0 saturated carbocycles. The second-order valence-electron chi connectivity index (χ2n) is 8.86. The minimum Gasteiger partial charge on any atom is -0.494 e. The van der Waals surface area contributed by atoms with Crippen molar-refractivity contribution in [2.75, 3.05) is 6.61 Å². The van der Waals surface area contributed by atoms with E-state index in [9.17, 15) is 0 Å². The highest BCUT2D eigenvalue weighted by atomic mass is 16.5. The lowest BCUT2D eigenvalue weighted by Gasteiger charge is -2.06. The lowest BCUT2D eigenvalue weighted by atomic mass is 10.1. The molecule has 0 spiro atoms. The Morgan fingerprint density at radius 2 is 1.03 bits per heavy atom. The van der Waals surface area contributed by atoms with Gasteiger partial charge in [-0.15, -0.1) is 0 Å². The van der Waals surface area contributed by atoms with Gasteiger partial charge in [0.05, 0.1) is 6.61 Å². The van der Waals surface area contributed by atoms with Crippen molar-refractivity contribution >= 4 is 0 Å². The van der Waals surface area contributed by atoms with Gasteiger partial charge >= 0.3 is 0 Å². The summed E-state index contributed by atoms with van der Waals surface area (Å²) in [6.45, 7) is 5.29. The van der Waals surface area contributed by atoms with E-state index < -0.39 is 0 Å². The second kappa shape index (κ2) is 17.9. The average Bonchev–Trinajstić information content (AvgIpc) is 2.85. The van der Waals surface area contributed by atoms with Gasteiger partial charge in [-0.25, -0.2) is 0 Å². The fourth-order valence-corrected chi connectivity index (χ4v) is 3.76. The monoisotopic (exact) mass is 442 g/mol. The number of ether oxygens (including phenoxy) is 1. The van der Waals surface area contributed by atoms with Gasteiger partial charge in [-0.1, -0.05) is 102 Å². The van der Waals surface area contributed by atoms with Gasteiger partial charge in [0.2, 0.25) is 0 Å². The fourth-order valence-electron chi connectivity index (χ4n) is 3.76. The molecule has 2 aromatic carbocycles. The normalized spacial score (nSPS) is 10.1. The van der Waals surface area contributed by atoms with Crippen molar-refractivity contribution in [2.45, 2.75) is 97.3 Å². The highest BCUT2D eigenvalue weighted by Gasteiger charge is 1.96. The number of aryl methyl sites for hydroxylation is 1. The molecule has 0 amide bonds. The summed E-state index contributed by atoms with van der Waals surface area (Å²) in [7, 11) is 0. The molecular formula is C32H42O. The maximum absolute atomic E-state index is 5.87. The zero-order valence-corrected chi connectivity index (χ0v) is 20.9. The standard InChI is InChI=1S/C32H42O/c1-3-5-7-8-9-10-11-12-13-16-28-33-32-26-24-31(25-27-32)19-15-14-18-30-22-20-29(21-23-30)17-6-4-2/h20-27H,3-13,16-17,28H2,1-2H3. The maximum Gasteiger partial charge on any atom is 0.119 e. The molecule has 0 unspecified atom stereocenters.